The maximum Gasteiger partial charge on any atom is 0.157 e. The van der Waals surface area contributed by atoms with Crippen LogP contribution in [0.25, 0.3) is 0 Å². The van der Waals surface area contributed by atoms with E-state index in [0.717, 1.165) is 0 Å². The zero-order chi connectivity index (χ0) is 7.61. The molecule has 0 saturated carbocycles. The molecule has 0 aromatic heterocycles. The molecular formula is C7H13N2O+. The summed E-state index contributed by atoms with van der Waals surface area (Å²) < 4.78 is 0.595. The predicted octanol–water partition coefficient (Wildman–Crippen LogP) is -1.05. The molecule has 3 heteroatoms. The molecule has 2 N–H and O–H groups in total. The molecule has 2 atom stereocenters. The summed E-state index contributed by atoms with van der Waals surface area (Å²) in [5, 5.41) is 9.14. The Labute approximate surface area is 61.2 Å². The van der Waals surface area contributed by atoms with Gasteiger partial charge < -0.3 is 5.11 Å². The summed E-state index contributed by atoms with van der Waals surface area (Å²) in [7, 11) is 1.98. The average molecular weight is 141 g/mol. The van der Waals surface area contributed by atoms with Crippen molar-refractivity contribution >= 4 is 0 Å². The van der Waals surface area contributed by atoms with Gasteiger partial charge in [-0.15, -0.1) is 6.42 Å². The first-order chi connectivity index (χ1) is 4.66. The number of rotatable bonds is 1. The fourth-order valence-electron chi connectivity index (χ4n) is 1.24. The van der Waals surface area contributed by atoms with Crippen molar-refractivity contribution in [1.82, 2.24) is 5.43 Å². The van der Waals surface area contributed by atoms with Gasteiger partial charge in [0.2, 0.25) is 0 Å². The van der Waals surface area contributed by atoms with Crippen molar-refractivity contribution in [2.24, 2.45) is 0 Å². The summed E-state index contributed by atoms with van der Waals surface area (Å²) in [6, 6.07) is 0. The molecule has 56 valence electrons. The highest BCUT2D eigenvalue weighted by Gasteiger charge is 2.32. The van der Waals surface area contributed by atoms with Gasteiger partial charge in [-0.05, 0) is 5.92 Å². The molecule has 0 aromatic carbocycles. The normalized spacial score (nSPS) is 39.5. The second-order valence-electron chi connectivity index (χ2n) is 2.96. The molecule has 1 fully saturated rings. The number of aliphatic hydroxyl groups is 1. The van der Waals surface area contributed by atoms with Gasteiger partial charge in [-0.2, -0.15) is 5.43 Å². The molecule has 3 nitrogen and oxygen atoms in total. The summed E-state index contributed by atoms with van der Waals surface area (Å²) in [6.07, 6.45) is 4.91. The van der Waals surface area contributed by atoms with Gasteiger partial charge in [0.1, 0.15) is 12.6 Å². The molecule has 10 heavy (non-hydrogen) atoms. The largest absolute Gasteiger partial charge is 0.386 e. The number of aliphatic hydroxyl groups excluding tert-OH is 1. The quantitative estimate of drug-likeness (QED) is 0.360. The van der Waals surface area contributed by atoms with Crippen molar-refractivity contribution in [1.29, 1.82) is 0 Å². The van der Waals surface area contributed by atoms with Crippen molar-refractivity contribution < 1.29 is 9.70 Å². The Morgan fingerprint density at radius 1 is 1.90 bits per heavy atom. The van der Waals surface area contributed by atoms with Crippen LogP contribution in [-0.4, -0.2) is 42.5 Å². The van der Waals surface area contributed by atoms with Gasteiger partial charge in [0.15, 0.2) is 6.54 Å². The maximum absolute atomic E-state index is 9.14. The smallest absolute Gasteiger partial charge is 0.157 e. The Morgan fingerprint density at radius 3 is 3.00 bits per heavy atom. The zero-order valence-electron chi connectivity index (χ0n) is 6.17. The van der Waals surface area contributed by atoms with Crippen LogP contribution < -0.4 is 5.43 Å². The molecule has 1 heterocycles. The standard InChI is InChI=1S/C7H13N2O/c1-3-4-9(2)6-7(10)5-8-9/h1,7-8,10H,4-6H2,2H3/q+1. The number of β-amino-alcohol motifs (C(OH)–C–C–N with tert-alkyl or cyclic N) is 1. The summed E-state index contributed by atoms with van der Waals surface area (Å²) in [4.78, 5) is 0. The van der Waals surface area contributed by atoms with Gasteiger partial charge in [0, 0.05) is 0 Å². The SMILES string of the molecule is C#CC[N+]1(C)CC(O)CN1. The minimum Gasteiger partial charge on any atom is -0.386 e. The van der Waals surface area contributed by atoms with Gasteiger partial charge in [-0.25, -0.2) is 4.59 Å². The Hall–Kier alpha value is -0.560. The topological polar surface area (TPSA) is 32.3 Å². The molecule has 0 spiro atoms. The summed E-state index contributed by atoms with van der Waals surface area (Å²) in [6.45, 7) is 2.00. The summed E-state index contributed by atoms with van der Waals surface area (Å²) >= 11 is 0. The van der Waals surface area contributed by atoms with Crippen LogP contribution in [0.5, 0.6) is 0 Å². The Morgan fingerprint density at radius 2 is 2.60 bits per heavy atom. The zero-order valence-corrected chi connectivity index (χ0v) is 6.17. The molecule has 0 amide bonds. The lowest BCUT2D eigenvalue weighted by Crippen LogP contribution is -2.50. The van der Waals surface area contributed by atoms with Crippen LogP contribution in [-0.2, 0) is 0 Å². The fourth-order valence-corrected chi connectivity index (χ4v) is 1.24. The van der Waals surface area contributed by atoms with E-state index < -0.39 is 0 Å². The van der Waals surface area contributed by atoms with Crippen molar-refractivity contribution in [2.45, 2.75) is 6.10 Å². The Balaban J connectivity index is 2.48. The van der Waals surface area contributed by atoms with Crippen LogP contribution >= 0.6 is 0 Å². The molecule has 0 bridgehead atoms. The third-order valence-corrected chi connectivity index (χ3v) is 1.76. The van der Waals surface area contributed by atoms with Crippen LogP contribution in [0.2, 0.25) is 0 Å². The number of hydrogen-bond acceptors (Lipinski definition) is 2. The minimum absolute atomic E-state index is 0.238. The van der Waals surface area contributed by atoms with Gasteiger partial charge in [0.25, 0.3) is 0 Å². The number of nitrogens with one attached hydrogen (secondary N) is 1. The first kappa shape index (κ1) is 7.55. The fraction of sp³-hybridized carbons (Fsp3) is 0.714. The first-order valence-corrected chi connectivity index (χ1v) is 3.37. The molecule has 1 aliphatic rings. The highest BCUT2D eigenvalue weighted by Crippen LogP contribution is 2.05. The second-order valence-corrected chi connectivity index (χ2v) is 2.96. The van der Waals surface area contributed by atoms with Gasteiger partial charge >= 0.3 is 0 Å². The molecule has 0 radical (unpaired) electrons. The number of quaternary nitrogens is 1. The van der Waals surface area contributed by atoms with E-state index >= 15 is 0 Å². The number of hydrogen-bond donors (Lipinski definition) is 2. The highest BCUT2D eigenvalue weighted by atomic mass is 16.3. The van der Waals surface area contributed by atoms with Gasteiger partial charge in [-0.3, -0.25) is 0 Å². The van der Waals surface area contributed by atoms with Gasteiger partial charge in [0.05, 0.1) is 13.6 Å². The number of likely N-dealkylation sites (N-methyl/N-ethyl adjacent to an activating group) is 1. The maximum atomic E-state index is 9.14. The van der Waals surface area contributed by atoms with E-state index in [2.05, 4.69) is 11.3 Å². The van der Waals surface area contributed by atoms with Crippen LogP contribution in [0.1, 0.15) is 0 Å². The van der Waals surface area contributed by atoms with Crippen LogP contribution in [0, 0.1) is 12.3 Å². The lowest BCUT2D eigenvalue weighted by Gasteiger charge is -2.24. The van der Waals surface area contributed by atoms with E-state index in [4.69, 9.17) is 11.5 Å². The number of terminal acetylenes is 1. The Kier molecular flexibility index (Phi) is 1.95. The molecular weight excluding hydrogens is 128 g/mol. The van der Waals surface area contributed by atoms with E-state index in [-0.39, 0.29) is 6.10 Å². The van der Waals surface area contributed by atoms with Crippen molar-refractivity contribution in [3.05, 3.63) is 0 Å². The van der Waals surface area contributed by atoms with Crippen LogP contribution in [0.4, 0.5) is 0 Å². The molecule has 0 aromatic rings. The monoisotopic (exact) mass is 141 g/mol. The average Bonchev–Trinajstić information content (AvgIpc) is 2.12. The van der Waals surface area contributed by atoms with E-state index in [9.17, 15) is 0 Å². The summed E-state index contributed by atoms with van der Waals surface area (Å²) in [5.74, 6) is 2.57. The predicted molar refractivity (Wildman–Crippen MR) is 38.8 cm³/mol. The van der Waals surface area contributed by atoms with Crippen molar-refractivity contribution in [3.8, 4) is 12.3 Å². The molecule has 1 aliphatic heterocycles. The van der Waals surface area contributed by atoms with Gasteiger partial charge in [-0.1, -0.05) is 0 Å². The molecule has 0 aliphatic carbocycles. The van der Waals surface area contributed by atoms with Crippen LogP contribution in [0.15, 0.2) is 0 Å². The third kappa shape index (κ3) is 1.48. The Bertz CT molecular complexity index is 163. The lowest BCUT2D eigenvalue weighted by atomic mass is 10.4. The van der Waals surface area contributed by atoms with E-state index in [1.54, 1.807) is 0 Å². The lowest BCUT2D eigenvalue weighted by molar-refractivity contribution is -0.934. The van der Waals surface area contributed by atoms with Crippen molar-refractivity contribution in [2.75, 3.05) is 26.7 Å². The molecule has 1 rings (SSSR count). The third-order valence-electron chi connectivity index (χ3n) is 1.76. The second kappa shape index (κ2) is 2.59. The first-order valence-electron chi connectivity index (χ1n) is 3.37. The highest BCUT2D eigenvalue weighted by molar-refractivity contribution is 4.84. The van der Waals surface area contributed by atoms with E-state index in [0.29, 0.717) is 24.2 Å². The summed E-state index contributed by atoms with van der Waals surface area (Å²) in [5.41, 5.74) is 3.13. The van der Waals surface area contributed by atoms with E-state index in [1.165, 1.54) is 0 Å². The van der Waals surface area contributed by atoms with E-state index in [1.807, 2.05) is 7.05 Å². The van der Waals surface area contributed by atoms with Crippen LogP contribution in [0.3, 0.4) is 0 Å². The molecule has 2 unspecified atom stereocenters. The molecule has 1 saturated heterocycles. The van der Waals surface area contributed by atoms with Crippen molar-refractivity contribution in [3.63, 3.8) is 0 Å². The number of nitrogens with zero attached hydrogens (tertiary/aromatic N) is 1. The minimum atomic E-state index is -0.238.